The third-order valence-electron chi connectivity index (χ3n) is 3.91. The van der Waals surface area contributed by atoms with Gasteiger partial charge in [0.15, 0.2) is 0 Å². The molecule has 1 fully saturated rings. The molecule has 0 bridgehead atoms. The Balaban J connectivity index is 2.14. The molecule has 19 heavy (non-hydrogen) atoms. The number of methoxy groups -OCH3 is 1. The normalized spacial score (nSPS) is 14.9. The molecule has 1 aliphatic heterocycles. The molecule has 4 nitrogen and oxygen atoms in total. The minimum absolute atomic E-state index is 0.123. The molecular weight excluding hydrogens is 240 g/mol. The van der Waals surface area contributed by atoms with E-state index in [1.165, 1.54) is 5.56 Å². The number of benzene rings is 1. The fourth-order valence-corrected chi connectivity index (χ4v) is 2.39. The lowest BCUT2D eigenvalue weighted by Gasteiger charge is -2.26. The van der Waals surface area contributed by atoms with E-state index in [9.17, 15) is 4.79 Å². The summed E-state index contributed by atoms with van der Waals surface area (Å²) in [4.78, 5) is 11.9. The van der Waals surface area contributed by atoms with E-state index in [1.54, 1.807) is 7.11 Å². The second kappa shape index (κ2) is 5.61. The molecule has 4 heteroatoms. The highest BCUT2D eigenvalue weighted by Gasteiger charge is 2.25. The number of ether oxygens (including phenoxy) is 1. The zero-order valence-corrected chi connectivity index (χ0v) is 12.1. The van der Waals surface area contributed by atoms with Gasteiger partial charge in [0.1, 0.15) is 5.75 Å². The molecule has 0 atom stereocenters. The van der Waals surface area contributed by atoms with Gasteiger partial charge < -0.3 is 15.4 Å². The first-order valence-corrected chi connectivity index (χ1v) is 6.66. The topological polar surface area (TPSA) is 50.4 Å². The van der Waals surface area contributed by atoms with Crippen molar-refractivity contribution in [2.75, 3.05) is 20.2 Å². The molecule has 2 rings (SSSR count). The van der Waals surface area contributed by atoms with Gasteiger partial charge >= 0.3 is 0 Å². The number of nitrogens with one attached hydrogen (secondary N) is 2. The van der Waals surface area contributed by atoms with Gasteiger partial charge in [-0.2, -0.15) is 0 Å². The number of aryl methyl sites for hydroxylation is 2. The predicted molar refractivity (Wildman–Crippen MR) is 75.4 cm³/mol. The van der Waals surface area contributed by atoms with Gasteiger partial charge in [0, 0.05) is 25.2 Å². The molecule has 0 saturated carbocycles. The molecule has 1 aromatic rings. The fraction of sp³-hybridized carbons (Fsp3) is 0.533. The van der Waals surface area contributed by atoms with E-state index in [2.05, 4.69) is 37.5 Å². The average Bonchev–Trinajstić information content (AvgIpc) is 2.29. The number of amides is 1. The lowest BCUT2D eigenvalue weighted by Crippen LogP contribution is -2.50. The molecule has 0 unspecified atom stereocenters. The molecular formula is C15H22N2O2. The van der Waals surface area contributed by atoms with Crippen molar-refractivity contribution in [1.29, 1.82) is 0 Å². The second-order valence-electron chi connectivity index (χ2n) is 5.22. The zero-order chi connectivity index (χ0) is 14.0. The summed E-state index contributed by atoms with van der Waals surface area (Å²) in [7, 11) is 1.68. The van der Waals surface area contributed by atoms with Gasteiger partial charge in [0.05, 0.1) is 13.0 Å². The molecule has 1 heterocycles. The van der Waals surface area contributed by atoms with Gasteiger partial charge in [0.2, 0.25) is 5.91 Å². The van der Waals surface area contributed by atoms with E-state index in [0.717, 1.165) is 35.5 Å². The lowest BCUT2D eigenvalue weighted by molar-refractivity contribution is -0.126. The van der Waals surface area contributed by atoms with Crippen molar-refractivity contribution in [1.82, 2.24) is 10.6 Å². The van der Waals surface area contributed by atoms with E-state index in [4.69, 9.17) is 4.74 Å². The van der Waals surface area contributed by atoms with E-state index < -0.39 is 0 Å². The maximum absolute atomic E-state index is 11.9. The van der Waals surface area contributed by atoms with Crippen LogP contribution in [0.25, 0.3) is 0 Å². The molecule has 104 valence electrons. The molecule has 1 amide bonds. The van der Waals surface area contributed by atoms with Crippen LogP contribution in [0.1, 0.15) is 22.3 Å². The standard InChI is InChI=1S/C15H22N2O2/c1-9-5-10(2)13(14(19-4)11(9)3)8-17-15(18)12-6-16-7-12/h5,12,16H,6-8H2,1-4H3,(H,17,18). The Hall–Kier alpha value is -1.55. The monoisotopic (exact) mass is 262 g/mol. The van der Waals surface area contributed by atoms with Crippen LogP contribution in [0.3, 0.4) is 0 Å². The van der Waals surface area contributed by atoms with Crippen LogP contribution in [0.4, 0.5) is 0 Å². The maximum atomic E-state index is 11.9. The predicted octanol–water partition coefficient (Wildman–Crippen LogP) is 1.46. The summed E-state index contributed by atoms with van der Waals surface area (Å²) >= 11 is 0. The number of carbonyl (C=O) groups excluding carboxylic acids is 1. The van der Waals surface area contributed by atoms with Gasteiger partial charge in [-0.15, -0.1) is 0 Å². The van der Waals surface area contributed by atoms with Crippen LogP contribution in [0.5, 0.6) is 5.75 Å². The largest absolute Gasteiger partial charge is 0.496 e. The fourth-order valence-electron chi connectivity index (χ4n) is 2.39. The van der Waals surface area contributed by atoms with Crippen molar-refractivity contribution < 1.29 is 9.53 Å². The van der Waals surface area contributed by atoms with Crippen LogP contribution in [0, 0.1) is 26.7 Å². The number of hydrogen-bond donors (Lipinski definition) is 2. The van der Waals surface area contributed by atoms with Crippen molar-refractivity contribution in [3.8, 4) is 5.75 Å². The van der Waals surface area contributed by atoms with Gasteiger partial charge in [-0.1, -0.05) is 6.07 Å². The van der Waals surface area contributed by atoms with Gasteiger partial charge in [-0.25, -0.2) is 0 Å². The third kappa shape index (κ3) is 2.73. The summed E-state index contributed by atoms with van der Waals surface area (Å²) < 4.78 is 5.51. The van der Waals surface area contributed by atoms with Crippen molar-refractivity contribution >= 4 is 5.91 Å². The Bertz CT molecular complexity index is 493. The van der Waals surface area contributed by atoms with E-state index >= 15 is 0 Å². The molecule has 1 aromatic carbocycles. The van der Waals surface area contributed by atoms with Crippen LogP contribution < -0.4 is 15.4 Å². The lowest BCUT2D eigenvalue weighted by atomic mass is 9.98. The van der Waals surface area contributed by atoms with Crippen LogP contribution >= 0.6 is 0 Å². The smallest absolute Gasteiger partial charge is 0.225 e. The van der Waals surface area contributed by atoms with Gasteiger partial charge in [-0.05, 0) is 37.5 Å². The Morgan fingerprint density at radius 3 is 2.58 bits per heavy atom. The number of rotatable bonds is 4. The molecule has 2 N–H and O–H groups in total. The van der Waals surface area contributed by atoms with Crippen LogP contribution in [-0.4, -0.2) is 26.1 Å². The Morgan fingerprint density at radius 2 is 2.05 bits per heavy atom. The maximum Gasteiger partial charge on any atom is 0.225 e. The summed E-state index contributed by atoms with van der Waals surface area (Å²) in [5.41, 5.74) is 4.59. The summed E-state index contributed by atoms with van der Waals surface area (Å²) in [5.74, 6) is 1.14. The Kier molecular flexibility index (Phi) is 4.10. The summed E-state index contributed by atoms with van der Waals surface area (Å²) in [6.07, 6.45) is 0. The van der Waals surface area contributed by atoms with Gasteiger partial charge in [0.25, 0.3) is 0 Å². The molecule has 1 aliphatic rings. The minimum Gasteiger partial charge on any atom is -0.496 e. The van der Waals surface area contributed by atoms with Crippen LogP contribution in [0.15, 0.2) is 6.07 Å². The van der Waals surface area contributed by atoms with Crippen LogP contribution in [0.2, 0.25) is 0 Å². The third-order valence-corrected chi connectivity index (χ3v) is 3.91. The van der Waals surface area contributed by atoms with E-state index in [0.29, 0.717) is 6.54 Å². The highest BCUT2D eigenvalue weighted by Crippen LogP contribution is 2.29. The SMILES string of the molecule is COc1c(C)c(C)cc(C)c1CNC(=O)C1CNC1. The highest BCUT2D eigenvalue weighted by atomic mass is 16.5. The Morgan fingerprint density at radius 1 is 1.37 bits per heavy atom. The first-order chi connectivity index (χ1) is 9.04. The number of hydrogen-bond acceptors (Lipinski definition) is 3. The van der Waals surface area contributed by atoms with Crippen molar-refractivity contribution in [2.45, 2.75) is 27.3 Å². The second-order valence-corrected chi connectivity index (χ2v) is 5.22. The zero-order valence-electron chi connectivity index (χ0n) is 12.1. The average molecular weight is 262 g/mol. The Labute approximate surface area is 114 Å². The van der Waals surface area contributed by atoms with Crippen molar-refractivity contribution in [2.24, 2.45) is 5.92 Å². The van der Waals surface area contributed by atoms with Crippen molar-refractivity contribution in [3.63, 3.8) is 0 Å². The highest BCUT2D eigenvalue weighted by molar-refractivity contribution is 5.80. The van der Waals surface area contributed by atoms with Gasteiger partial charge in [-0.3, -0.25) is 4.79 Å². The minimum atomic E-state index is 0.123. The summed E-state index contributed by atoms with van der Waals surface area (Å²) in [6.45, 7) is 8.29. The van der Waals surface area contributed by atoms with E-state index in [1.807, 2.05) is 0 Å². The molecule has 0 aromatic heterocycles. The molecule has 1 saturated heterocycles. The van der Waals surface area contributed by atoms with Crippen LogP contribution in [-0.2, 0) is 11.3 Å². The summed E-state index contributed by atoms with van der Waals surface area (Å²) in [5, 5.41) is 6.11. The first kappa shape index (κ1) is 13.9. The molecule has 0 spiro atoms. The first-order valence-electron chi connectivity index (χ1n) is 6.66. The molecule has 0 aliphatic carbocycles. The quantitative estimate of drug-likeness (QED) is 0.863. The van der Waals surface area contributed by atoms with E-state index in [-0.39, 0.29) is 11.8 Å². The van der Waals surface area contributed by atoms with Crippen molar-refractivity contribution in [3.05, 3.63) is 28.3 Å². The number of carbonyl (C=O) groups is 1. The summed E-state index contributed by atoms with van der Waals surface area (Å²) in [6, 6.07) is 2.14. The molecule has 0 radical (unpaired) electrons.